The molecule has 3 aromatic carbocycles. The van der Waals surface area contributed by atoms with Crippen molar-refractivity contribution >= 4 is 29.2 Å². The van der Waals surface area contributed by atoms with Gasteiger partial charge in [0.15, 0.2) is 6.17 Å². The van der Waals surface area contributed by atoms with Crippen LogP contribution < -0.4 is 4.90 Å². The molecule has 0 radical (unpaired) electrons. The molecule has 1 saturated heterocycles. The maximum atomic E-state index is 14.5. The summed E-state index contributed by atoms with van der Waals surface area (Å²) in [4.78, 5) is 60.3. The Morgan fingerprint density at radius 3 is 2.35 bits per heavy atom. The minimum atomic E-state index is -5.44. The van der Waals surface area contributed by atoms with Crippen molar-refractivity contribution in [1.29, 1.82) is 0 Å². The Bertz CT molecular complexity index is 1930. The van der Waals surface area contributed by atoms with E-state index in [2.05, 4.69) is 4.98 Å². The average Bonchev–Trinajstić information content (AvgIpc) is 3.64. The van der Waals surface area contributed by atoms with Crippen LogP contribution in [-0.2, 0) is 33.7 Å². The average molecular weight is 723 g/mol. The number of unbranched alkanes of at least 4 members (excludes halogenated alkanes) is 1. The van der Waals surface area contributed by atoms with Crippen molar-refractivity contribution in [2.24, 2.45) is 0 Å². The number of alkyl halides is 3. The highest BCUT2D eigenvalue weighted by molar-refractivity contribution is 6.05. The van der Waals surface area contributed by atoms with Crippen LogP contribution in [0.2, 0.25) is 0 Å². The number of hydrogen-bond acceptors (Lipinski definition) is 8. The highest BCUT2D eigenvalue weighted by Crippen LogP contribution is 2.41. The highest BCUT2D eigenvalue weighted by Gasteiger charge is 2.57. The summed E-state index contributed by atoms with van der Waals surface area (Å²) in [6.07, 6.45) is -2.47. The third-order valence-electron chi connectivity index (χ3n) is 9.14. The number of ether oxygens (including phenoxy) is 1. The predicted octanol–water partition coefficient (Wildman–Crippen LogP) is 5.52. The molecule has 2 unspecified atom stereocenters. The number of aromatic nitrogens is 2. The molecule has 1 fully saturated rings. The number of nitrogens with zero attached hydrogens (tertiary/aromatic N) is 6. The molecule has 6 rings (SSSR count). The van der Waals surface area contributed by atoms with E-state index in [4.69, 9.17) is 4.74 Å². The summed E-state index contributed by atoms with van der Waals surface area (Å²) in [5, 5.41) is 11.8. The van der Waals surface area contributed by atoms with Gasteiger partial charge >= 0.3 is 12.1 Å². The van der Waals surface area contributed by atoms with Crippen LogP contribution >= 0.6 is 0 Å². The van der Waals surface area contributed by atoms with Crippen molar-refractivity contribution < 1.29 is 41.6 Å². The summed E-state index contributed by atoms with van der Waals surface area (Å²) in [6.45, 7) is 0.317. The zero-order chi connectivity index (χ0) is 37.0. The van der Waals surface area contributed by atoms with E-state index in [1.54, 1.807) is 34.3 Å². The number of imidazole rings is 1. The lowest BCUT2D eigenvalue weighted by molar-refractivity contribution is -0.384. The van der Waals surface area contributed by atoms with E-state index in [0.29, 0.717) is 37.8 Å². The van der Waals surface area contributed by atoms with Crippen LogP contribution in [0.25, 0.3) is 0 Å². The Morgan fingerprint density at radius 2 is 1.65 bits per heavy atom. The summed E-state index contributed by atoms with van der Waals surface area (Å²) >= 11 is 0. The molecule has 2 amide bonds. The number of esters is 1. The van der Waals surface area contributed by atoms with Gasteiger partial charge in [-0.3, -0.25) is 19.7 Å². The zero-order valence-corrected chi connectivity index (χ0v) is 27.7. The van der Waals surface area contributed by atoms with E-state index in [0.717, 1.165) is 21.4 Å². The van der Waals surface area contributed by atoms with Gasteiger partial charge in [0.2, 0.25) is 12.1 Å². The number of piperazine rings is 1. The van der Waals surface area contributed by atoms with E-state index in [1.807, 2.05) is 30.3 Å². The fourth-order valence-electron chi connectivity index (χ4n) is 6.79. The van der Waals surface area contributed by atoms with Gasteiger partial charge in [-0.25, -0.2) is 14.2 Å². The molecule has 12 nitrogen and oxygen atoms in total. The normalized spacial score (nSPS) is 18.6. The van der Waals surface area contributed by atoms with Gasteiger partial charge in [0.1, 0.15) is 11.9 Å². The van der Waals surface area contributed by atoms with Gasteiger partial charge in [-0.05, 0) is 55.0 Å². The second-order valence-electron chi connectivity index (χ2n) is 12.5. The van der Waals surface area contributed by atoms with E-state index in [1.165, 1.54) is 30.3 Å². The number of hydrogen-bond donors (Lipinski definition) is 0. The van der Waals surface area contributed by atoms with Gasteiger partial charge in [0.05, 0.1) is 22.5 Å². The largest absolute Gasteiger partial charge is 0.491 e. The lowest BCUT2D eigenvalue weighted by atomic mass is 9.93. The Morgan fingerprint density at radius 1 is 0.904 bits per heavy atom. The molecule has 3 heterocycles. The smallest absolute Gasteiger partial charge is 0.430 e. The summed E-state index contributed by atoms with van der Waals surface area (Å²) in [5.74, 6) is -4.87. The monoisotopic (exact) mass is 722 g/mol. The lowest BCUT2D eigenvalue weighted by Crippen LogP contribution is -2.75. The van der Waals surface area contributed by atoms with Crippen LogP contribution in [0.1, 0.15) is 40.7 Å². The van der Waals surface area contributed by atoms with Crippen molar-refractivity contribution in [2.75, 3.05) is 18.0 Å². The van der Waals surface area contributed by atoms with E-state index < -0.39 is 58.8 Å². The van der Waals surface area contributed by atoms with Crippen LogP contribution in [0.3, 0.4) is 0 Å². The van der Waals surface area contributed by atoms with Gasteiger partial charge in [-0.15, -0.1) is 0 Å². The Balaban J connectivity index is 1.45. The lowest BCUT2D eigenvalue weighted by Gasteiger charge is -2.56. The third-order valence-corrected chi connectivity index (χ3v) is 9.14. The van der Waals surface area contributed by atoms with Crippen molar-refractivity contribution in [3.63, 3.8) is 0 Å². The van der Waals surface area contributed by atoms with Gasteiger partial charge in [-0.1, -0.05) is 42.5 Å². The molecule has 0 aliphatic carbocycles. The number of rotatable bonds is 13. The number of nitro benzene ring substituents is 1. The number of aryl methyl sites for hydroxylation is 2. The van der Waals surface area contributed by atoms with Crippen LogP contribution in [-0.4, -0.2) is 79.8 Å². The van der Waals surface area contributed by atoms with E-state index in [-0.39, 0.29) is 30.8 Å². The number of benzene rings is 3. The first-order valence-electron chi connectivity index (χ1n) is 16.6. The van der Waals surface area contributed by atoms with Gasteiger partial charge in [0.25, 0.3) is 11.6 Å². The molecule has 0 spiro atoms. The van der Waals surface area contributed by atoms with Gasteiger partial charge in [0, 0.05) is 50.6 Å². The van der Waals surface area contributed by atoms with Crippen molar-refractivity contribution in [1.82, 2.24) is 19.4 Å². The number of halogens is 4. The summed E-state index contributed by atoms with van der Waals surface area (Å²) < 4.78 is 62.9. The number of anilines is 1. The fourth-order valence-corrected chi connectivity index (χ4v) is 6.79. The molecule has 52 heavy (non-hydrogen) atoms. The summed E-state index contributed by atoms with van der Waals surface area (Å²) in [6, 6.07) is 16.9. The van der Waals surface area contributed by atoms with Crippen LogP contribution in [0, 0.1) is 15.9 Å². The Kier molecular flexibility index (Phi) is 10.5. The Labute approximate surface area is 295 Å². The van der Waals surface area contributed by atoms with Gasteiger partial charge < -0.3 is 24.0 Å². The number of fused-ring (bicyclic) bond motifs is 2. The quantitative estimate of drug-likeness (QED) is 0.0580. The summed E-state index contributed by atoms with van der Waals surface area (Å²) in [7, 11) is 0. The molecule has 4 aromatic rings. The molecular formula is C36H34F4N6O6. The van der Waals surface area contributed by atoms with Crippen molar-refractivity contribution in [2.45, 2.75) is 63.3 Å². The number of amides is 2. The minimum absolute atomic E-state index is 0.0558. The van der Waals surface area contributed by atoms with Crippen molar-refractivity contribution in [3.05, 3.63) is 124 Å². The maximum absolute atomic E-state index is 14.5. The molecule has 0 saturated carbocycles. The first-order chi connectivity index (χ1) is 24.9. The predicted molar refractivity (Wildman–Crippen MR) is 178 cm³/mol. The topological polar surface area (TPSA) is 131 Å². The fraction of sp³-hybridized carbons (Fsp3) is 0.333. The number of carbonyl (C=O) groups excluding carboxylic acids is 3. The first-order valence-corrected chi connectivity index (χ1v) is 16.6. The number of carbonyl (C=O) groups is 3. The van der Waals surface area contributed by atoms with E-state index >= 15 is 0 Å². The molecule has 272 valence electrons. The molecule has 2 aliphatic rings. The molecule has 2 aliphatic heterocycles. The molecule has 1 aromatic heterocycles. The second-order valence-corrected chi connectivity index (χ2v) is 12.5. The van der Waals surface area contributed by atoms with Crippen molar-refractivity contribution in [3.8, 4) is 0 Å². The van der Waals surface area contributed by atoms with Crippen LogP contribution in [0.4, 0.5) is 28.9 Å². The molecule has 0 N–H and O–H groups in total. The number of non-ortho nitro benzene ring substituents is 1. The molecule has 3 atom stereocenters. The number of nitro groups is 1. The minimum Gasteiger partial charge on any atom is -0.430 e. The highest BCUT2D eigenvalue weighted by atomic mass is 19.4. The van der Waals surface area contributed by atoms with Crippen LogP contribution in [0.15, 0.2) is 91.5 Å². The van der Waals surface area contributed by atoms with Crippen LogP contribution in [0.5, 0.6) is 0 Å². The van der Waals surface area contributed by atoms with Gasteiger partial charge in [-0.2, -0.15) is 13.2 Å². The SMILES string of the molecule is O=C1[C@H](Cc2cccc(F)c2)N2C(=O)c3cc([N+](=O)[O-])ccc3N(CCCn3ccnc3)C2C(OC(=O)C(F)(F)F)N1CCCCc1ccccc1. The maximum Gasteiger partial charge on any atom is 0.491 e. The zero-order valence-electron chi connectivity index (χ0n) is 27.7. The Hall–Kier alpha value is -5.80. The first kappa shape index (κ1) is 36.0. The third kappa shape index (κ3) is 7.75. The second kappa shape index (κ2) is 15.2. The molecule has 16 heteroatoms. The standard InChI is InChI=1S/C36H34F4N6O6/c37-26-12-6-11-25(20-26)21-30-33(48)44(17-5-4-10-24-8-2-1-3-9-24)34(52-35(49)36(38,39)40)31-43(18-7-16-42-19-15-41-23-42)29-14-13-27(46(50)51)22-28(29)32(47)45(30)31/h1-3,6,8-9,11-15,19-20,22-23,30-31,34H,4-5,7,10,16-18,21H2/t30-,31?,34?/m0/s1. The molecular weight excluding hydrogens is 688 g/mol. The molecule has 0 bridgehead atoms. The van der Waals surface area contributed by atoms with E-state index in [9.17, 15) is 42.1 Å². The summed E-state index contributed by atoms with van der Waals surface area (Å²) in [5.41, 5.74) is 0.890.